The molecule has 1 saturated heterocycles. The van der Waals surface area contributed by atoms with Gasteiger partial charge >= 0.3 is 0 Å². The lowest BCUT2D eigenvalue weighted by atomic mass is 10.3. The van der Waals surface area contributed by atoms with Crippen LogP contribution in [0, 0.1) is 0 Å². The fraction of sp³-hybridized carbons (Fsp3) is 0.556. The van der Waals surface area contributed by atoms with Gasteiger partial charge in [0.1, 0.15) is 10.3 Å². The Labute approximate surface area is 106 Å². The van der Waals surface area contributed by atoms with E-state index in [4.69, 9.17) is 16.3 Å². The highest BCUT2D eigenvalue weighted by atomic mass is 79.9. The maximum atomic E-state index is 11.4. The molecule has 0 bridgehead atoms. The van der Waals surface area contributed by atoms with Gasteiger partial charge in [-0.1, -0.05) is 0 Å². The van der Waals surface area contributed by atoms with Crippen molar-refractivity contribution >= 4 is 33.3 Å². The molecule has 16 heavy (non-hydrogen) atoms. The number of alkyl halides is 1. The number of halogens is 2. The molecule has 2 rings (SSSR count). The van der Waals surface area contributed by atoms with Gasteiger partial charge in [-0.3, -0.25) is 4.79 Å². The van der Waals surface area contributed by atoms with Crippen molar-refractivity contribution in [2.75, 3.05) is 30.5 Å². The van der Waals surface area contributed by atoms with Crippen LogP contribution in [-0.2, 0) is 4.74 Å². The third-order valence-electron chi connectivity index (χ3n) is 2.39. The van der Waals surface area contributed by atoms with Gasteiger partial charge in [0.05, 0.1) is 24.9 Å². The highest BCUT2D eigenvalue weighted by Crippen LogP contribution is 2.21. The van der Waals surface area contributed by atoms with Gasteiger partial charge in [-0.05, 0) is 15.9 Å². The van der Waals surface area contributed by atoms with Gasteiger partial charge in [0.2, 0.25) is 0 Å². The van der Waals surface area contributed by atoms with Crippen LogP contribution in [0.1, 0.15) is 0 Å². The van der Waals surface area contributed by atoms with Crippen LogP contribution in [0.4, 0.5) is 5.82 Å². The average Bonchev–Trinajstić information content (AvgIpc) is 2.33. The molecular formula is C9H11BrClN3O2. The second kappa shape index (κ2) is 5.16. The van der Waals surface area contributed by atoms with Gasteiger partial charge in [0.15, 0.2) is 0 Å². The summed E-state index contributed by atoms with van der Waals surface area (Å²) in [7, 11) is 0. The highest BCUT2D eigenvalue weighted by molar-refractivity contribution is 9.10. The van der Waals surface area contributed by atoms with Gasteiger partial charge in [0.25, 0.3) is 5.56 Å². The van der Waals surface area contributed by atoms with E-state index in [0.29, 0.717) is 35.9 Å². The number of morpholine rings is 1. The van der Waals surface area contributed by atoms with Crippen molar-refractivity contribution in [3.05, 3.63) is 21.2 Å². The topological polar surface area (TPSA) is 58.2 Å². The fourth-order valence-electron chi connectivity index (χ4n) is 1.60. The first-order chi connectivity index (χ1) is 7.72. The summed E-state index contributed by atoms with van der Waals surface area (Å²) in [5, 5.41) is 0. The van der Waals surface area contributed by atoms with Crippen LogP contribution in [0.5, 0.6) is 0 Å². The third-order valence-corrected chi connectivity index (χ3v) is 3.45. The van der Waals surface area contributed by atoms with Crippen LogP contribution in [-0.4, -0.2) is 41.6 Å². The zero-order valence-electron chi connectivity index (χ0n) is 8.45. The number of hydrogen-bond donors (Lipinski definition) is 1. The molecule has 1 unspecified atom stereocenters. The average molecular weight is 309 g/mol. The molecule has 1 fully saturated rings. The number of nitrogens with zero attached hydrogens (tertiary/aromatic N) is 2. The molecule has 1 aromatic rings. The Morgan fingerprint density at radius 1 is 1.75 bits per heavy atom. The number of ether oxygens (including phenoxy) is 1. The minimum absolute atomic E-state index is 0.0107. The Bertz CT molecular complexity index is 425. The fourth-order valence-corrected chi connectivity index (χ4v) is 2.25. The predicted octanol–water partition coefficient (Wildman–Crippen LogP) is 0.976. The van der Waals surface area contributed by atoms with E-state index < -0.39 is 0 Å². The second-order valence-corrected chi connectivity index (χ2v) is 4.56. The summed E-state index contributed by atoms with van der Waals surface area (Å²) in [6.45, 7) is 1.96. The number of rotatable bonds is 2. The Morgan fingerprint density at radius 2 is 2.56 bits per heavy atom. The summed E-state index contributed by atoms with van der Waals surface area (Å²) >= 11 is 8.99. The summed E-state index contributed by atoms with van der Waals surface area (Å²) in [5.41, 5.74) is -0.182. The molecule has 1 aliphatic rings. The zero-order valence-corrected chi connectivity index (χ0v) is 10.8. The van der Waals surface area contributed by atoms with Crippen LogP contribution < -0.4 is 10.5 Å². The third kappa shape index (κ3) is 2.39. The molecule has 2 heterocycles. The Kier molecular flexibility index (Phi) is 3.83. The maximum absolute atomic E-state index is 11.4. The summed E-state index contributed by atoms with van der Waals surface area (Å²) in [5.74, 6) is 1.08. The molecule has 0 radical (unpaired) electrons. The molecule has 5 nitrogen and oxygen atoms in total. The molecule has 0 saturated carbocycles. The predicted molar refractivity (Wildman–Crippen MR) is 65.2 cm³/mol. The van der Waals surface area contributed by atoms with Crippen molar-refractivity contribution in [1.29, 1.82) is 0 Å². The molecule has 7 heteroatoms. The number of H-pyrrole nitrogens is 1. The first kappa shape index (κ1) is 11.9. The minimum atomic E-state index is -0.182. The molecule has 1 N–H and O–H groups in total. The molecule has 88 valence electrons. The first-order valence-corrected chi connectivity index (χ1v) is 6.21. The molecule has 0 spiro atoms. The van der Waals surface area contributed by atoms with Crippen molar-refractivity contribution in [3.8, 4) is 0 Å². The van der Waals surface area contributed by atoms with Crippen molar-refractivity contribution in [2.24, 2.45) is 0 Å². The second-order valence-electron chi connectivity index (χ2n) is 3.46. The highest BCUT2D eigenvalue weighted by Gasteiger charge is 2.22. The molecule has 1 aliphatic heterocycles. The number of hydrogen-bond acceptors (Lipinski definition) is 4. The van der Waals surface area contributed by atoms with Crippen molar-refractivity contribution in [1.82, 2.24) is 9.97 Å². The lowest BCUT2D eigenvalue weighted by molar-refractivity contribution is 0.0551. The standard InChI is InChI=1S/C9H11BrClN3O2/c10-7-8(12-5-13-9(7)15)14-1-2-16-6(3-11)4-14/h5-6H,1-4H2,(H,12,13,15). The summed E-state index contributed by atoms with van der Waals surface area (Å²) < 4.78 is 5.90. The SMILES string of the molecule is O=c1[nH]cnc(N2CCOC(CCl)C2)c1Br. The molecule has 1 aromatic heterocycles. The van der Waals surface area contributed by atoms with Gasteiger partial charge in [0, 0.05) is 13.1 Å². The van der Waals surface area contributed by atoms with E-state index in [2.05, 4.69) is 25.9 Å². The van der Waals surface area contributed by atoms with E-state index in [1.165, 1.54) is 6.33 Å². The molecule has 0 amide bonds. The molecule has 1 atom stereocenters. The van der Waals surface area contributed by atoms with E-state index in [-0.39, 0.29) is 11.7 Å². The zero-order chi connectivity index (χ0) is 11.5. The van der Waals surface area contributed by atoms with E-state index >= 15 is 0 Å². The van der Waals surface area contributed by atoms with Crippen molar-refractivity contribution in [3.63, 3.8) is 0 Å². The normalized spacial score (nSPS) is 21.1. The van der Waals surface area contributed by atoms with Gasteiger partial charge < -0.3 is 14.6 Å². The lowest BCUT2D eigenvalue weighted by Gasteiger charge is -2.33. The Balaban J connectivity index is 2.23. The van der Waals surface area contributed by atoms with Crippen LogP contribution >= 0.6 is 27.5 Å². The summed E-state index contributed by atoms with van der Waals surface area (Å²) in [4.78, 5) is 20.1. The number of anilines is 1. The van der Waals surface area contributed by atoms with Crippen LogP contribution in [0.15, 0.2) is 15.6 Å². The van der Waals surface area contributed by atoms with E-state index in [0.717, 1.165) is 0 Å². The van der Waals surface area contributed by atoms with Crippen LogP contribution in [0.2, 0.25) is 0 Å². The Morgan fingerprint density at radius 3 is 3.31 bits per heavy atom. The van der Waals surface area contributed by atoms with E-state index in [9.17, 15) is 4.79 Å². The monoisotopic (exact) mass is 307 g/mol. The summed E-state index contributed by atoms with van der Waals surface area (Å²) in [6, 6.07) is 0. The van der Waals surface area contributed by atoms with E-state index in [1.807, 2.05) is 4.90 Å². The van der Waals surface area contributed by atoms with Crippen molar-refractivity contribution < 1.29 is 4.74 Å². The van der Waals surface area contributed by atoms with Crippen LogP contribution in [0.25, 0.3) is 0 Å². The van der Waals surface area contributed by atoms with Crippen LogP contribution in [0.3, 0.4) is 0 Å². The largest absolute Gasteiger partial charge is 0.373 e. The molecule has 0 aliphatic carbocycles. The first-order valence-electron chi connectivity index (χ1n) is 4.88. The lowest BCUT2D eigenvalue weighted by Crippen LogP contribution is -2.44. The van der Waals surface area contributed by atoms with Crippen molar-refractivity contribution in [2.45, 2.75) is 6.10 Å². The summed E-state index contributed by atoms with van der Waals surface area (Å²) in [6.07, 6.45) is 1.39. The Hall–Kier alpha value is -0.590. The number of nitrogens with one attached hydrogen (secondary N) is 1. The smallest absolute Gasteiger partial charge is 0.267 e. The maximum Gasteiger partial charge on any atom is 0.267 e. The number of aromatic nitrogens is 2. The number of aromatic amines is 1. The van der Waals surface area contributed by atoms with Gasteiger partial charge in [-0.2, -0.15) is 0 Å². The molecule has 0 aromatic carbocycles. The van der Waals surface area contributed by atoms with Gasteiger partial charge in [-0.15, -0.1) is 11.6 Å². The van der Waals surface area contributed by atoms with E-state index in [1.54, 1.807) is 0 Å². The minimum Gasteiger partial charge on any atom is -0.373 e. The quantitative estimate of drug-likeness (QED) is 0.827. The van der Waals surface area contributed by atoms with Gasteiger partial charge in [-0.25, -0.2) is 4.98 Å². The molecular weight excluding hydrogens is 297 g/mol.